The van der Waals surface area contributed by atoms with Gasteiger partial charge in [0.2, 0.25) is 9.84 Å². The molecule has 7 nitrogen and oxygen atoms in total. The molecule has 0 spiro atoms. The predicted octanol–water partition coefficient (Wildman–Crippen LogP) is 2.58. The summed E-state index contributed by atoms with van der Waals surface area (Å²) in [6, 6.07) is 15.3. The number of sulfone groups is 1. The van der Waals surface area contributed by atoms with Gasteiger partial charge in [0.25, 0.3) is 5.91 Å². The Bertz CT molecular complexity index is 1120. The maximum absolute atomic E-state index is 12.8. The summed E-state index contributed by atoms with van der Waals surface area (Å²) in [5.74, 6) is 0.749. The van der Waals surface area contributed by atoms with Gasteiger partial charge < -0.3 is 9.80 Å². The number of rotatable bonds is 4. The molecule has 4 rings (SSSR count). The molecule has 0 saturated carbocycles. The van der Waals surface area contributed by atoms with E-state index in [1.54, 1.807) is 35.4 Å². The van der Waals surface area contributed by atoms with Crippen molar-refractivity contribution < 1.29 is 13.2 Å². The number of aromatic nitrogens is 2. The molecule has 8 heteroatoms. The molecule has 0 bridgehead atoms. The van der Waals surface area contributed by atoms with Crippen LogP contribution < -0.4 is 4.90 Å². The van der Waals surface area contributed by atoms with Crippen LogP contribution in [-0.4, -0.2) is 55.4 Å². The summed E-state index contributed by atoms with van der Waals surface area (Å²) in [5.41, 5.74) is 1.36. The molecule has 3 heterocycles. The first-order chi connectivity index (χ1) is 14.4. The number of nitrogens with zero attached hydrogens (tertiary/aromatic N) is 4. The summed E-state index contributed by atoms with van der Waals surface area (Å²) in [5, 5.41) is -0.0668. The zero-order valence-corrected chi connectivity index (χ0v) is 17.4. The van der Waals surface area contributed by atoms with Gasteiger partial charge in [-0.1, -0.05) is 23.8 Å². The van der Waals surface area contributed by atoms with Gasteiger partial charge in [-0.2, -0.15) is 0 Å². The van der Waals surface area contributed by atoms with E-state index < -0.39 is 9.84 Å². The normalized spacial score (nSPS) is 14.6. The molecule has 1 fully saturated rings. The van der Waals surface area contributed by atoms with Gasteiger partial charge in [0.1, 0.15) is 5.82 Å². The van der Waals surface area contributed by atoms with E-state index in [0.717, 1.165) is 11.4 Å². The van der Waals surface area contributed by atoms with E-state index in [0.29, 0.717) is 31.7 Å². The fourth-order valence-corrected chi connectivity index (χ4v) is 4.54. The lowest BCUT2D eigenvalue weighted by Gasteiger charge is -2.35. The highest BCUT2D eigenvalue weighted by atomic mass is 32.2. The fourth-order valence-electron chi connectivity index (χ4n) is 3.37. The third-order valence-corrected chi connectivity index (χ3v) is 6.81. The largest absolute Gasteiger partial charge is 0.353 e. The van der Waals surface area contributed by atoms with Gasteiger partial charge in [0, 0.05) is 38.6 Å². The van der Waals surface area contributed by atoms with Crippen LogP contribution in [0.4, 0.5) is 5.82 Å². The molecule has 1 aliphatic heterocycles. The van der Waals surface area contributed by atoms with Gasteiger partial charge in [0.15, 0.2) is 5.03 Å². The molecule has 30 heavy (non-hydrogen) atoms. The number of anilines is 1. The summed E-state index contributed by atoms with van der Waals surface area (Å²) in [4.78, 5) is 25.3. The van der Waals surface area contributed by atoms with Gasteiger partial charge in [-0.15, -0.1) is 0 Å². The van der Waals surface area contributed by atoms with Crippen molar-refractivity contribution in [2.45, 2.75) is 16.8 Å². The Kier molecular flexibility index (Phi) is 5.50. The lowest BCUT2D eigenvalue weighted by atomic mass is 10.2. The van der Waals surface area contributed by atoms with Crippen LogP contribution in [0.2, 0.25) is 0 Å². The molecule has 1 aliphatic rings. The number of carbonyl (C=O) groups excluding carboxylic acids is 1. The summed E-state index contributed by atoms with van der Waals surface area (Å²) >= 11 is 0. The highest BCUT2D eigenvalue weighted by Crippen LogP contribution is 2.20. The fraction of sp³-hybridized carbons (Fsp3) is 0.227. The quantitative estimate of drug-likeness (QED) is 0.643. The van der Waals surface area contributed by atoms with Crippen LogP contribution in [0.15, 0.2) is 76.9 Å². The highest BCUT2D eigenvalue weighted by Gasteiger charge is 2.24. The third-order valence-electron chi connectivity index (χ3n) is 5.13. The van der Waals surface area contributed by atoms with E-state index in [-0.39, 0.29) is 15.8 Å². The maximum Gasteiger partial charge on any atom is 0.255 e. The highest BCUT2D eigenvalue weighted by molar-refractivity contribution is 7.91. The van der Waals surface area contributed by atoms with Crippen molar-refractivity contribution in [1.82, 2.24) is 14.9 Å². The van der Waals surface area contributed by atoms with Crippen LogP contribution in [-0.2, 0) is 9.84 Å². The van der Waals surface area contributed by atoms with Crippen LogP contribution >= 0.6 is 0 Å². The second kappa shape index (κ2) is 8.23. The molecule has 0 unspecified atom stereocenters. The zero-order valence-electron chi connectivity index (χ0n) is 16.6. The van der Waals surface area contributed by atoms with Crippen LogP contribution in [0.1, 0.15) is 15.9 Å². The monoisotopic (exact) mass is 422 g/mol. The molecule has 1 aromatic carbocycles. The first-order valence-corrected chi connectivity index (χ1v) is 11.2. The number of amides is 1. The number of hydrogen-bond donors (Lipinski definition) is 0. The number of hydrogen-bond acceptors (Lipinski definition) is 6. The Labute approximate surface area is 175 Å². The van der Waals surface area contributed by atoms with Crippen molar-refractivity contribution in [3.63, 3.8) is 0 Å². The smallest absolute Gasteiger partial charge is 0.255 e. The van der Waals surface area contributed by atoms with Gasteiger partial charge in [-0.05, 0) is 43.3 Å². The molecule has 1 amide bonds. The molecule has 0 aliphatic carbocycles. The molecule has 3 aromatic rings. The Hall–Kier alpha value is -3.26. The lowest BCUT2D eigenvalue weighted by molar-refractivity contribution is 0.0746. The minimum absolute atomic E-state index is 0.0668. The van der Waals surface area contributed by atoms with E-state index in [1.807, 2.05) is 25.1 Å². The summed E-state index contributed by atoms with van der Waals surface area (Å²) in [6.45, 7) is 4.41. The minimum Gasteiger partial charge on any atom is -0.353 e. The van der Waals surface area contributed by atoms with E-state index in [2.05, 4.69) is 14.9 Å². The number of benzene rings is 1. The number of piperazine rings is 1. The SMILES string of the molecule is Cc1ccc(S(=O)(=O)c2ccc(C(=O)N3CCN(c4ccccn4)CC3)cn2)cc1. The van der Waals surface area contributed by atoms with E-state index in [4.69, 9.17) is 0 Å². The predicted molar refractivity (Wildman–Crippen MR) is 113 cm³/mol. The second-order valence-electron chi connectivity index (χ2n) is 7.17. The van der Waals surface area contributed by atoms with Gasteiger partial charge in [-0.3, -0.25) is 4.79 Å². The molecule has 154 valence electrons. The third kappa shape index (κ3) is 4.04. The first kappa shape index (κ1) is 20.0. The number of aryl methyl sites for hydroxylation is 1. The molecule has 0 N–H and O–H groups in total. The topological polar surface area (TPSA) is 83.5 Å². The Morgan fingerprint density at radius 1 is 0.900 bits per heavy atom. The molecule has 1 saturated heterocycles. The number of carbonyl (C=O) groups is 1. The van der Waals surface area contributed by atoms with E-state index in [1.165, 1.54) is 18.3 Å². The van der Waals surface area contributed by atoms with Crippen LogP contribution in [0.25, 0.3) is 0 Å². The zero-order chi connectivity index (χ0) is 21.1. The van der Waals surface area contributed by atoms with Crippen LogP contribution in [0, 0.1) is 6.92 Å². The van der Waals surface area contributed by atoms with Crippen LogP contribution in [0.5, 0.6) is 0 Å². The molecule has 2 aromatic heterocycles. The summed E-state index contributed by atoms with van der Waals surface area (Å²) < 4.78 is 25.5. The summed E-state index contributed by atoms with van der Waals surface area (Å²) in [6.07, 6.45) is 3.10. The Balaban J connectivity index is 1.44. The van der Waals surface area contributed by atoms with Crippen molar-refractivity contribution in [1.29, 1.82) is 0 Å². The minimum atomic E-state index is -3.71. The average Bonchev–Trinajstić information content (AvgIpc) is 2.80. The van der Waals surface area contributed by atoms with Crippen molar-refractivity contribution in [3.05, 3.63) is 78.1 Å². The van der Waals surface area contributed by atoms with Gasteiger partial charge in [-0.25, -0.2) is 18.4 Å². The molecule has 0 radical (unpaired) electrons. The van der Waals surface area contributed by atoms with Crippen molar-refractivity contribution in [2.75, 3.05) is 31.1 Å². The maximum atomic E-state index is 12.8. The standard InChI is InChI=1S/C22H22N4O3S/c1-17-5-8-19(9-6-17)30(28,29)21-10-7-18(16-24-21)22(27)26-14-12-25(13-15-26)20-4-2-3-11-23-20/h2-11,16H,12-15H2,1H3. The van der Waals surface area contributed by atoms with Gasteiger partial charge in [0.05, 0.1) is 10.5 Å². The molecule has 0 atom stereocenters. The van der Waals surface area contributed by atoms with Crippen LogP contribution in [0.3, 0.4) is 0 Å². The van der Waals surface area contributed by atoms with Gasteiger partial charge >= 0.3 is 0 Å². The van der Waals surface area contributed by atoms with Crippen molar-refractivity contribution >= 4 is 21.6 Å². The Morgan fingerprint density at radius 2 is 1.63 bits per heavy atom. The Morgan fingerprint density at radius 3 is 2.23 bits per heavy atom. The van der Waals surface area contributed by atoms with E-state index in [9.17, 15) is 13.2 Å². The van der Waals surface area contributed by atoms with E-state index >= 15 is 0 Å². The lowest BCUT2D eigenvalue weighted by Crippen LogP contribution is -2.49. The van der Waals surface area contributed by atoms with Crippen molar-refractivity contribution in [2.24, 2.45) is 0 Å². The number of pyridine rings is 2. The second-order valence-corrected chi connectivity index (χ2v) is 9.07. The first-order valence-electron chi connectivity index (χ1n) is 9.68. The molecular formula is C22H22N4O3S. The molecular weight excluding hydrogens is 400 g/mol. The van der Waals surface area contributed by atoms with Crippen molar-refractivity contribution in [3.8, 4) is 0 Å². The average molecular weight is 423 g/mol. The summed E-state index contributed by atoms with van der Waals surface area (Å²) in [7, 11) is -3.71.